The number of hydrogen-bond acceptors (Lipinski definition) is 6. The average Bonchev–Trinajstić information content (AvgIpc) is 3.27. The molecule has 0 unspecified atom stereocenters. The van der Waals surface area contributed by atoms with Crippen LogP contribution in [0.15, 0.2) is 30.6 Å². The van der Waals surface area contributed by atoms with Gasteiger partial charge in [-0.05, 0) is 61.9 Å². The summed E-state index contributed by atoms with van der Waals surface area (Å²) in [7, 11) is 1.68. The van der Waals surface area contributed by atoms with Gasteiger partial charge >= 0.3 is 0 Å². The van der Waals surface area contributed by atoms with E-state index in [0.29, 0.717) is 0 Å². The van der Waals surface area contributed by atoms with Crippen LogP contribution in [0.4, 0.5) is 11.5 Å². The third kappa shape index (κ3) is 3.16. The van der Waals surface area contributed by atoms with Crippen molar-refractivity contribution < 1.29 is 9.53 Å². The summed E-state index contributed by atoms with van der Waals surface area (Å²) in [4.78, 5) is 17.7. The molecule has 2 aliphatic rings. The highest BCUT2D eigenvalue weighted by molar-refractivity contribution is 5.98. The standard InChI is InChI=1S/C22H26N6O2/c1-15-5-6-18(30-2)21-17(15)4-3-11-27(21)22(29)16-9-12-26(13-10-16)20-8-7-19-24-23-14-28(19)25-20/h5-8,14,16H,3-4,9-13H2,1-2H3. The van der Waals surface area contributed by atoms with E-state index in [4.69, 9.17) is 4.74 Å². The zero-order valence-corrected chi connectivity index (χ0v) is 17.4. The fourth-order valence-electron chi connectivity index (χ4n) is 4.70. The second-order valence-electron chi connectivity index (χ2n) is 8.09. The van der Waals surface area contributed by atoms with Crippen LogP contribution in [0.2, 0.25) is 0 Å². The molecule has 0 spiro atoms. The normalized spacial score (nSPS) is 17.3. The molecule has 0 aliphatic carbocycles. The predicted molar refractivity (Wildman–Crippen MR) is 114 cm³/mol. The number of carbonyl (C=O) groups excluding carboxylic acids is 1. The predicted octanol–water partition coefficient (Wildman–Crippen LogP) is 2.64. The first-order valence-electron chi connectivity index (χ1n) is 10.6. The quantitative estimate of drug-likeness (QED) is 0.666. The van der Waals surface area contributed by atoms with Gasteiger partial charge in [-0.15, -0.1) is 15.3 Å². The Morgan fingerprint density at radius 3 is 2.77 bits per heavy atom. The van der Waals surface area contributed by atoms with Crippen LogP contribution in [-0.4, -0.2) is 52.5 Å². The third-order valence-electron chi connectivity index (χ3n) is 6.36. The van der Waals surface area contributed by atoms with Gasteiger partial charge < -0.3 is 14.5 Å². The summed E-state index contributed by atoms with van der Waals surface area (Å²) in [5.74, 6) is 1.94. The molecule has 8 nitrogen and oxygen atoms in total. The van der Waals surface area contributed by atoms with E-state index in [0.717, 1.165) is 68.2 Å². The van der Waals surface area contributed by atoms with Crippen molar-refractivity contribution in [1.29, 1.82) is 0 Å². The lowest BCUT2D eigenvalue weighted by atomic mass is 9.91. The zero-order chi connectivity index (χ0) is 20.7. The van der Waals surface area contributed by atoms with Crippen LogP contribution in [0, 0.1) is 12.8 Å². The van der Waals surface area contributed by atoms with Gasteiger partial charge in [-0.1, -0.05) is 6.07 Å². The Bertz CT molecular complexity index is 1090. The Morgan fingerprint density at radius 2 is 1.97 bits per heavy atom. The van der Waals surface area contributed by atoms with Gasteiger partial charge in [0.05, 0.1) is 12.8 Å². The monoisotopic (exact) mass is 406 g/mol. The second kappa shape index (κ2) is 7.59. The van der Waals surface area contributed by atoms with Crippen molar-refractivity contribution in [3.63, 3.8) is 0 Å². The van der Waals surface area contributed by atoms with E-state index in [1.807, 2.05) is 23.1 Å². The van der Waals surface area contributed by atoms with Gasteiger partial charge in [-0.3, -0.25) is 4.79 Å². The van der Waals surface area contributed by atoms with Crippen LogP contribution < -0.4 is 14.5 Å². The van der Waals surface area contributed by atoms with E-state index in [2.05, 4.69) is 33.2 Å². The minimum absolute atomic E-state index is 0.0241. The Morgan fingerprint density at radius 1 is 1.13 bits per heavy atom. The Labute approximate surface area is 175 Å². The number of fused-ring (bicyclic) bond motifs is 2. The fraction of sp³-hybridized carbons (Fsp3) is 0.455. The van der Waals surface area contributed by atoms with Crippen molar-refractivity contribution in [2.24, 2.45) is 5.92 Å². The Balaban J connectivity index is 1.33. The summed E-state index contributed by atoms with van der Waals surface area (Å²) in [6, 6.07) is 7.96. The number of rotatable bonds is 3. The maximum absolute atomic E-state index is 13.5. The number of benzene rings is 1. The first-order chi connectivity index (χ1) is 14.7. The van der Waals surface area contributed by atoms with Gasteiger partial charge in [0.1, 0.15) is 17.9 Å². The number of hydrogen-bond donors (Lipinski definition) is 0. The van der Waals surface area contributed by atoms with Crippen molar-refractivity contribution in [1.82, 2.24) is 19.8 Å². The first-order valence-corrected chi connectivity index (χ1v) is 10.6. The van der Waals surface area contributed by atoms with Crippen molar-refractivity contribution >= 4 is 23.1 Å². The number of anilines is 2. The van der Waals surface area contributed by atoms with Crippen LogP contribution in [-0.2, 0) is 11.2 Å². The minimum Gasteiger partial charge on any atom is -0.495 e. The maximum Gasteiger partial charge on any atom is 0.230 e. The van der Waals surface area contributed by atoms with Gasteiger partial charge in [-0.2, -0.15) is 4.52 Å². The maximum atomic E-state index is 13.5. The van der Waals surface area contributed by atoms with Crippen LogP contribution in [0.5, 0.6) is 5.75 Å². The summed E-state index contributed by atoms with van der Waals surface area (Å²) in [5.41, 5.74) is 4.19. The summed E-state index contributed by atoms with van der Waals surface area (Å²) < 4.78 is 7.30. The summed E-state index contributed by atoms with van der Waals surface area (Å²) in [6.07, 6.45) is 5.24. The van der Waals surface area contributed by atoms with Crippen molar-refractivity contribution in [2.75, 3.05) is 36.5 Å². The molecule has 1 amide bonds. The lowest BCUT2D eigenvalue weighted by Crippen LogP contribution is -2.45. The molecule has 156 valence electrons. The van der Waals surface area contributed by atoms with E-state index >= 15 is 0 Å². The average molecular weight is 406 g/mol. The van der Waals surface area contributed by atoms with Crippen LogP contribution >= 0.6 is 0 Å². The number of amides is 1. The second-order valence-corrected chi connectivity index (χ2v) is 8.09. The molecule has 8 heteroatoms. The third-order valence-corrected chi connectivity index (χ3v) is 6.36. The van der Waals surface area contributed by atoms with Crippen LogP contribution in [0.1, 0.15) is 30.4 Å². The molecule has 3 aromatic rings. The van der Waals surface area contributed by atoms with Crippen LogP contribution in [0.25, 0.3) is 5.65 Å². The molecule has 4 heterocycles. The Hall–Kier alpha value is -3.16. The molecule has 0 radical (unpaired) electrons. The van der Waals surface area contributed by atoms with E-state index in [1.165, 1.54) is 11.1 Å². The first kappa shape index (κ1) is 18.8. The SMILES string of the molecule is COc1ccc(C)c2c1N(C(=O)C1CCN(c3ccc4nncn4n3)CC1)CCC2. The van der Waals surface area contributed by atoms with Gasteiger partial charge in [0.2, 0.25) is 5.91 Å². The number of aryl methyl sites for hydroxylation is 1. The molecular formula is C22H26N6O2. The van der Waals surface area contributed by atoms with Crippen molar-refractivity contribution in [3.05, 3.63) is 41.7 Å². The highest BCUT2D eigenvalue weighted by Gasteiger charge is 2.33. The lowest BCUT2D eigenvalue weighted by Gasteiger charge is -2.37. The van der Waals surface area contributed by atoms with Gasteiger partial charge in [0.25, 0.3) is 0 Å². The molecule has 0 atom stereocenters. The molecule has 2 aliphatic heterocycles. The minimum atomic E-state index is 0.0241. The highest BCUT2D eigenvalue weighted by atomic mass is 16.5. The molecule has 1 aromatic carbocycles. The smallest absolute Gasteiger partial charge is 0.230 e. The van der Waals surface area contributed by atoms with Crippen molar-refractivity contribution in [3.8, 4) is 5.75 Å². The van der Waals surface area contributed by atoms with E-state index in [1.54, 1.807) is 18.0 Å². The van der Waals surface area contributed by atoms with E-state index in [-0.39, 0.29) is 11.8 Å². The summed E-state index contributed by atoms with van der Waals surface area (Å²) in [5, 5.41) is 12.5. The molecule has 2 aromatic heterocycles. The summed E-state index contributed by atoms with van der Waals surface area (Å²) in [6.45, 7) is 4.49. The van der Waals surface area contributed by atoms with Gasteiger partial charge in [0.15, 0.2) is 5.65 Å². The highest BCUT2D eigenvalue weighted by Crippen LogP contribution is 2.39. The van der Waals surface area contributed by atoms with Crippen molar-refractivity contribution in [2.45, 2.75) is 32.6 Å². The number of methoxy groups -OCH3 is 1. The number of aromatic nitrogens is 4. The number of piperidine rings is 1. The molecule has 5 rings (SSSR count). The fourth-order valence-corrected chi connectivity index (χ4v) is 4.70. The molecule has 1 saturated heterocycles. The molecule has 1 fully saturated rings. The lowest BCUT2D eigenvalue weighted by molar-refractivity contribution is -0.123. The molecular weight excluding hydrogens is 380 g/mol. The Kier molecular flexibility index (Phi) is 4.77. The number of ether oxygens (including phenoxy) is 1. The largest absolute Gasteiger partial charge is 0.495 e. The van der Waals surface area contributed by atoms with Crippen LogP contribution in [0.3, 0.4) is 0 Å². The number of carbonyl (C=O) groups is 1. The van der Waals surface area contributed by atoms with E-state index < -0.39 is 0 Å². The molecule has 0 saturated carbocycles. The van der Waals surface area contributed by atoms with E-state index in [9.17, 15) is 4.79 Å². The zero-order valence-electron chi connectivity index (χ0n) is 17.4. The summed E-state index contributed by atoms with van der Waals surface area (Å²) >= 11 is 0. The molecule has 0 N–H and O–H groups in total. The van der Waals surface area contributed by atoms with Gasteiger partial charge in [0, 0.05) is 25.6 Å². The topological polar surface area (TPSA) is 75.9 Å². The number of nitrogens with zero attached hydrogens (tertiary/aromatic N) is 6. The molecule has 30 heavy (non-hydrogen) atoms. The van der Waals surface area contributed by atoms with Gasteiger partial charge in [-0.25, -0.2) is 0 Å². The molecule has 0 bridgehead atoms.